The SMILES string of the molecule is O=C1CCN(CC(O)c2ccc(F)cc2)c2ccc(F)cc2CN1C1CC1. The number of benzene rings is 2. The van der Waals surface area contributed by atoms with Crippen molar-refractivity contribution in [3.8, 4) is 0 Å². The minimum absolute atomic E-state index is 0.0636. The molecular formula is C21H22F2N2O2. The number of amides is 1. The number of β-amino-alcohol motifs (C(OH)–C–C–N with tert-alkyl or cyclic N) is 1. The summed E-state index contributed by atoms with van der Waals surface area (Å²) in [6.45, 7) is 1.08. The van der Waals surface area contributed by atoms with Crippen molar-refractivity contribution in [3.05, 3.63) is 65.2 Å². The van der Waals surface area contributed by atoms with Crippen LogP contribution in [0.2, 0.25) is 0 Å². The van der Waals surface area contributed by atoms with Crippen LogP contribution in [0.4, 0.5) is 14.5 Å². The Bertz CT molecular complexity index is 837. The average molecular weight is 372 g/mol. The second-order valence-electron chi connectivity index (χ2n) is 7.29. The van der Waals surface area contributed by atoms with Crippen LogP contribution in [0.3, 0.4) is 0 Å². The van der Waals surface area contributed by atoms with Crippen molar-refractivity contribution in [2.75, 3.05) is 18.0 Å². The van der Waals surface area contributed by atoms with Gasteiger partial charge in [0.1, 0.15) is 11.6 Å². The third kappa shape index (κ3) is 3.95. The van der Waals surface area contributed by atoms with Crippen LogP contribution in [0, 0.1) is 11.6 Å². The summed E-state index contributed by atoms with van der Waals surface area (Å²) in [6, 6.07) is 10.6. The molecule has 4 rings (SSSR count). The first kappa shape index (κ1) is 17.9. The number of hydrogen-bond donors (Lipinski definition) is 1. The second-order valence-corrected chi connectivity index (χ2v) is 7.29. The molecule has 1 fully saturated rings. The van der Waals surface area contributed by atoms with Crippen LogP contribution >= 0.6 is 0 Å². The van der Waals surface area contributed by atoms with Crippen LogP contribution in [-0.2, 0) is 11.3 Å². The van der Waals surface area contributed by atoms with E-state index in [2.05, 4.69) is 0 Å². The molecule has 1 atom stereocenters. The van der Waals surface area contributed by atoms with Gasteiger partial charge in [-0.2, -0.15) is 0 Å². The molecule has 4 nitrogen and oxygen atoms in total. The fourth-order valence-electron chi connectivity index (χ4n) is 3.66. The molecule has 0 aromatic heterocycles. The van der Waals surface area contributed by atoms with Crippen LogP contribution < -0.4 is 4.90 Å². The summed E-state index contributed by atoms with van der Waals surface area (Å²) in [4.78, 5) is 16.4. The second kappa shape index (κ2) is 7.27. The highest BCUT2D eigenvalue weighted by molar-refractivity contribution is 5.78. The third-order valence-electron chi connectivity index (χ3n) is 5.27. The zero-order chi connectivity index (χ0) is 19.0. The molecule has 0 spiro atoms. The van der Waals surface area contributed by atoms with Gasteiger partial charge in [0.15, 0.2) is 0 Å². The Labute approximate surface area is 157 Å². The van der Waals surface area contributed by atoms with Gasteiger partial charge < -0.3 is 14.9 Å². The van der Waals surface area contributed by atoms with Crippen molar-refractivity contribution < 1.29 is 18.7 Å². The van der Waals surface area contributed by atoms with Gasteiger partial charge in [-0.05, 0) is 54.3 Å². The Morgan fingerprint density at radius 1 is 1.07 bits per heavy atom. The van der Waals surface area contributed by atoms with E-state index in [4.69, 9.17) is 0 Å². The van der Waals surface area contributed by atoms with Gasteiger partial charge in [0.25, 0.3) is 0 Å². The molecule has 2 aromatic carbocycles. The Morgan fingerprint density at radius 3 is 2.48 bits per heavy atom. The summed E-state index contributed by atoms with van der Waals surface area (Å²) in [7, 11) is 0. The molecule has 0 radical (unpaired) electrons. The van der Waals surface area contributed by atoms with Gasteiger partial charge >= 0.3 is 0 Å². The molecule has 1 heterocycles. The van der Waals surface area contributed by atoms with Crippen LogP contribution in [0.25, 0.3) is 0 Å². The van der Waals surface area contributed by atoms with E-state index >= 15 is 0 Å². The molecule has 1 aliphatic heterocycles. The average Bonchev–Trinajstić information content (AvgIpc) is 3.47. The maximum Gasteiger partial charge on any atom is 0.224 e. The zero-order valence-corrected chi connectivity index (χ0v) is 14.9. The van der Waals surface area contributed by atoms with Gasteiger partial charge in [-0.1, -0.05) is 12.1 Å². The number of hydrogen-bond acceptors (Lipinski definition) is 3. The molecule has 1 amide bonds. The van der Waals surface area contributed by atoms with E-state index in [1.54, 1.807) is 18.2 Å². The molecule has 1 unspecified atom stereocenters. The molecule has 2 aliphatic rings. The Kier molecular flexibility index (Phi) is 4.83. The molecule has 1 N–H and O–H groups in total. The summed E-state index contributed by atoms with van der Waals surface area (Å²) in [5, 5.41) is 10.6. The number of fused-ring (bicyclic) bond motifs is 1. The number of carbonyl (C=O) groups excluding carboxylic acids is 1. The summed E-state index contributed by atoms with van der Waals surface area (Å²) >= 11 is 0. The Balaban J connectivity index is 1.61. The monoisotopic (exact) mass is 372 g/mol. The Morgan fingerprint density at radius 2 is 1.78 bits per heavy atom. The maximum atomic E-state index is 13.9. The van der Waals surface area contributed by atoms with Gasteiger partial charge in [-0.15, -0.1) is 0 Å². The van der Waals surface area contributed by atoms with Crippen molar-refractivity contribution >= 4 is 11.6 Å². The normalized spacial score (nSPS) is 18.7. The third-order valence-corrected chi connectivity index (χ3v) is 5.27. The molecule has 6 heteroatoms. The van der Waals surface area contributed by atoms with Gasteiger partial charge in [-0.3, -0.25) is 4.79 Å². The first-order valence-corrected chi connectivity index (χ1v) is 9.27. The molecule has 1 aliphatic carbocycles. The number of carbonyl (C=O) groups is 1. The summed E-state index contributed by atoms with van der Waals surface area (Å²) in [6.07, 6.45) is 1.52. The minimum atomic E-state index is -0.836. The van der Waals surface area contributed by atoms with Gasteiger partial charge in [-0.25, -0.2) is 8.78 Å². The van der Waals surface area contributed by atoms with Crippen LogP contribution in [0.5, 0.6) is 0 Å². The Hall–Kier alpha value is -2.47. The largest absolute Gasteiger partial charge is 0.387 e. The zero-order valence-electron chi connectivity index (χ0n) is 14.9. The lowest BCUT2D eigenvalue weighted by Gasteiger charge is -2.34. The molecule has 2 aromatic rings. The van der Waals surface area contributed by atoms with Gasteiger partial charge in [0, 0.05) is 37.8 Å². The van der Waals surface area contributed by atoms with Gasteiger partial charge in [0.2, 0.25) is 5.91 Å². The van der Waals surface area contributed by atoms with E-state index in [9.17, 15) is 18.7 Å². The predicted molar refractivity (Wildman–Crippen MR) is 98.2 cm³/mol. The minimum Gasteiger partial charge on any atom is -0.387 e. The highest BCUT2D eigenvalue weighted by Crippen LogP contribution is 2.34. The van der Waals surface area contributed by atoms with Crippen molar-refractivity contribution in [3.63, 3.8) is 0 Å². The fourth-order valence-corrected chi connectivity index (χ4v) is 3.66. The van der Waals surface area contributed by atoms with Crippen molar-refractivity contribution in [2.45, 2.75) is 38.0 Å². The number of aliphatic hydroxyl groups excluding tert-OH is 1. The van der Waals surface area contributed by atoms with Gasteiger partial charge in [0.05, 0.1) is 6.10 Å². The molecule has 0 bridgehead atoms. The summed E-state index contributed by atoms with van der Waals surface area (Å²) < 4.78 is 27.0. The van der Waals surface area contributed by atoms with E-state index in [1.807, 2.05) is 9.80 Å². The number of anilines is 1. The quantitative estimate of drug-likeness (QED) is 0.895. The lowest BCUT2D eigenvalue weighted by molar-refractivity contribution is -0.132. The number of aliphatic hydroxyl groups is 1. The van der Waals surface area contributed by atoms with Crippen LogP contribution in [0.15, 0.2) is 42.5 Å². The summed E-state index contributed by atoms with van der Waals surface area (Å²) in [5.41, 5.74) is 2.19. The van der Waals surface area contributed by atoms with Crippen LogP contribution in [-0.4, -0.2) is 35.0 Å². The number of halogens is 2. The van der Waals surface area contributed by atoms with E-state index < -0.39 is 6.10 Å². The molecular weight excluding hydrogens is 350 g/mol. The van der Waals surface area contributed by atoms with Crippen molar-refractivity contribution in [1.29, 1.82) is 0 Å². The van der Waals surface area contributed by atoms with E-state index in [0.29, 0.717) is 25.1 Å². The standard InChI is InChI=1S/C21H22F2N2O2/c22-16-3-1-14(2-4-16)20(26)13-24-10-9-21(27)25(18-6-7-18)12-15-11-17(23)5-8-19(15)24/h1-5,8,11,18,20,26H,6-7,9-10,12-13H2. The molecule has 27 heavy (non-hydrogen) atoms. The first-order chi connectivity index (χ1) is 13.0. The topological polar surface area (TPSA) is 43.8 Å². The maximum absolute atomic E-state index is 13.9. The number of rotatable bonds is 4. The van der Waals surface area contributed by atoms with E-state index in [0.717, 1.165) is 24.1 Å². The van der Waals surface area contributed by atoms with E-state index in [-0.39, 0.29) is 30.1 Å². The highest BCUT2D eigenvalue weighted by atomic mass is 19.1. The van der Waals surface area contributed by atoms with Crippen molar-refractivity contribution in [2.24, 2.45) is 0 Å². The fraction of sp³-hybridized carbons (Fsp3) is 0.381. The highest BCUT2D eigenvalue weighted by Gasteiger charge is 2.34. The van der Waals surface area contributed by atoms with E-state index in [1.165, 1.54) is 24.3 Å². The molecule has 0 saturated heterocycles. The van der Waals surface area contributed by atoms with Crippen molar-refractivity contribution in [1.82, 2.24) is 4.90 Å². The molecule has 1 saturated carbocycles. The molecule has 142 valence electrons. The summed E-state index contributed by atoms with van der Waals surface area (Å²) in [5.74, 6) is -0.631. The smallest absolute Gasteiger partial charge is 0.224 e. The van der Waals surface area contributed by atoms with Crippen LogP contribution in [0.1, 0.15) is 36.5 Å². The lowest BCUT2D eigenvalue weighted by Crippen LogP contribution is -2.40. The number of nitrogens with zero attached hydrogens (tertiary/aromatic N) is 2. The first-order valence-electron chi connectivity index (χ1n) is 9.27. The predicted octanol–water partition coefficient (Wildman–Crippen LogP) is 3.40. The lowest BCUT2D eigenvalue weighted by atomic mass is 10.0.